The van der Waals surface area contributed by atoms with Crippen molar-refractivity contribution in [2.75, 3.05) is 0 Å². The van der Waals surface area contributed by atoms with Crippen LogP contribution in [0.4, 0.5) is 4.39 Å². The first-order valence-electron chi connectivity index (χ1n) is 5.54. The smallest absolute Gasteiger partial charge is 0.339 e. The zero-order valence-corrected chi connectivity index (χ0v) is 11.3. The molecule has 0 aliphatic rings. The molecule has 0 aliphatic carbocycles. The Morgan fingerprint density at radius 3 is 2.50 bits per heavy atom. The number of halogens is 1. The Morgan fingerprint density at radius 2 is 1.95 bits per heavy atom. The second-order valence-corrected chi connectivity index (χ2v) is 6.14. The lowest BCUT2D eigenvalue weighted by molar-refractivity contribution is 0.0696. The van der Waals surface area contributed by atoms with E-state index in [0.29, 0.717) is 0 Å². The molecule has 0 aliphatic heterocycles. The van der Waals surface area contributed by atoms with Gasteiger partial charge in [0.2, 0.25) is 0 Å². The summed E-state index contributed by atoms with van der Waals surface area (Å²) in [5.74, 6) is -2.31. The number of carboxylic acid groups (broad SMARTS) is 1. The van der Waals surface area contributed by atoms with Crippen molar-refractivity contribution in [3.8, 4) is 0 Å². The molecule has 8 heteroatoms. The topological polar surface area (TPSA) is 89.3 Å². The van der Waals surface area contributed by atoms with E-state index in [-0.39, 0.29) is 16.2 Å². The Hall–Kier alpha value is -2.22. The molecule has 106 valence electrons. The third kappa shape index (κ3) is 2.69. The van der Waals surface area contributed by atoms with Gasteiger partial charge in [-0.1, -0.05) is 0 Å². The molecule has 0 amide bonds. The molecule has 1 aromatic heterocycles. The van der Waals surface area contributed by atoms with E-state index < -0.39 is 27.4 Å². The van der Waals surface area contributed by atoms with E-state index in [4.69, 9.17) is 5.11 Å². The molecule has 0 saturated carbocycles. The van der Waals surface area contributed by atoms with E-state index >= 15 is 0 Å². The molecule has 0 bridgehead atoms. The van der Waals surface area contributed by atoms with E-state index in [1.54, 1.807) is 0 Å². The van der Waals surface area contributed by atoms with Crippen LogP contribution in [-0.2, 0) is 22.6 Å². The highest BCUT2D eigenvalue weighted by atomic mass is 32.2. The molecule has 2 rings (SSSR count). The van der Waals surface area contributed by atoms with Crippen LogP contribution in [-0.4, -0.2) is 29.3 Å². The third-order valence-corrected chi connectivity index (χ3v) is 4.44. The summed E-state index contributed by atoms with van der Waals surface area (Å²) in [5.41, 5.74) is -0.0972. The Bertz CT molecular complexity index is 750. The molecule has 0 unspecified atom stereocenters. The van der Waals surface area contributed by atoms with Crippen molar-refractivity contribution in [2.45, 2.75) is 10.6 Å². The number of carboxylic acids is 1. The molecule has 1 aromatic carbocycles. The number of benzene rings is 1. The fourth-order valence-corrected chi connectivity index (χ4v) is 3.14. The number of hydrogen-bond donors (Lipinski definition) is 1. The third-order valence-electron chi connectivity index (χ3n) is 2.79. The van der Waals surface area contributed by atoms with Gasteiger partial charge >= 0.3 is 5.97 Å². The second-order valence-electron chi connectivity index (χ2n) is 4.15. The van der Waals surface area contributed by atoms with Crippen molar-refractivity contribution in [1.82, 2.24) is 9.78 Å². The first-order chi connectivity index (χ1) is 9.31. The van der Waals surface area contributed by atoms with Gasteiger partial charge in [0.05, 0.1) is 22.5 Å². The lowest BCUT2D eigenvalue weighted by Gasteiger charge is -2.06. The minimum absolute atomic E-state index is 0.0711. The number of aromatic nitrogens is 2. The van der Waals surface area contributed by atoms with Gasteiger partial charge in [0.1, 0.15) is 11.4 Å². The lowest BCUT2D eigenvalue weighted by Crippen LogP contribution is -2.12. The van der Waals surface area contributed by atoms with E-state index in [0.717, 1.165) is 30.5 Å². The number of aryl methyl sites for hydroxylation is 1. The van der Waals surface area contributed by atoms with Crippen LogP contribution >= 0.6 is 0 Å². The van der Waals surface area contributed by atoms with Gasteiger partial charge < -0.3 is 5.11 Å². The normalized spacial score (nSPS) is 11.5. The summed E-state index contributed by atoms with van der Waals surface area (Å²) in [6.07, 6.45) is 1.10. The standard InChI is InChI=1S/C12H11FN2O4S/c1-15-11(10(6-14-15)12(16)17)7-20(18,19)9-4-2-8(13)3-5-9/h2-6H,7H2,1H3,(H,16,17). The summed E-state index contributed by atoms with van der Waals surface area (Å²) in [6, 6.07) is 4.35. The number of nitrogens with zero attached hydrogens (tertiary/aromatic N) is 2. The van der Waals surface area contributed by atoms with Crippen LogP contribution in [0.2, 0.25) is 0 Å². The molecular weight excluding hydrogens is 287 g/mol. The van der Waals surface area contributed by atoms with E-state index in [2.05, 4.69) is 5.10 Å². The highest BCUT2D eigenvalue weighted by Gasteiger charge is 2.23. The summed E-state index contributed by atoms with van der Waals surface area (Å²) in [4.78, 5) is 10.9. The van der Waals surface area contributed by atoms with Crippen LogP contribution < -0.4 is 0 Å². The van der Waals surface area contributed by atoms with Crippen molar-refractivity contribution < 1.29 is 22.7 Å². The largest absolute Gasteiger partial charge is 0.478 e. The van der Waals surface area contributed by atoms with Crippen molar-refractivity contribution in [3.05, 3.63) is 47.5 Å². The van der Waals surface area contributed by atoms with Gasteiger partial charge in [-0.25, -0.2) is 17.6 Å². The zero-order chi connectivity index (χ0) is 14.9. The van der Waals surface area contributed by atoms with Crippen LogP contribution in [0.1, 0.15) is 16.1 Å². The maximum Gasteiger partial charge on any atom is 0.339 e. The first kappa shape index (κ1) is 14.2. The maximum atomic E-state index is 12.8. The maximum absolute atomic E-state index is 12.8. The Labute approximate surface area is 114 Å². The molecule has 2 aromatic rings. The summed E-state index contributed by atoms with van der Waals surface area (Å²) < 4.78 is 38.4. The summed E-state index contributed by atoms with van der Waals surface area (Å²) >= 11 is 0. The minimum atomic E-state index is -3.77. The number of hydrogen-bond acceptors (Lipinski definition) is 4. The van der Waals surface area contributed by atoms with E-state index in [9.17, 15) is 17.6 Å². The molecular formula is C12H11FN2O4S. The van der Waals surface area contributed by atoms with Crippen LogP contribution in [0.5, 0.6) is 0 Å². The van der Waals surface area contributed by atoms with Gasteiger partial charge in [-0.05, 0) is 24.3 Å². The number of rotatable bonds is 4. The van der Waals surface area contributed by atoms with Gasteiger partial charge in [-0.15, -0.1) is 0 Å². The fraction of sp³-hybridized carbons (Fsp3) is 0.167. The average molecular weight is 298 g/mol. The van der Waals surface area contributed by atoms with Gasteiger partial charge in [-0.3, -0.25) is 4.68 Å². The Morgan fingerprint density at radius 1 is 1.35 bits per heavy atom. The van der Waals surface area contributed by atoms with Crippen LogP contribution in [0, 0.1) is 5.82 Å². The van der Waals surface area contributed by atoms with Gasteiger partial charge in [-0.2, -0.15) is 5.10 Å². The van der Waals surface area contributed by atoms with Gasteiger partial charge in [0, 0.05) is 7.05 Å². The van der Waals surface area contributed by atoms with Crippen LogP contribution in [0.15, 0.2) is 35.4 Å². The predicted octanol–water partition coefficient (Wildman–Crippen LogP) is 1.23. The molecule has 0 fully saturated rings. The highest BCUT2D eigenvalue weighted by molar-refractivity contribution is 7.90. The molecule has 1 N–H and O–H groups in total. The molecule has 20 heavy (non-hydrogen) atoms. The number of carbonyl (C=O) groups is 1. The molecule has 0 atom stereocenters. The summed E-state index contributed by atoms with van der Waals surface area (Å²) in [5, 5.41) is 12.7. The lowest BCUT2D eigenvalue weighted by atomic mass is 10.3. The Balaban J connectivity index is 2.41. The molecule has 0 radical (unpaired) electrons. The summed E-state index contributed by atoms with van der Waals surface area (Å²) in [6.45, 7) is 0. The second kappa shape index (κ2) is 5.04. The van der Waals surface area contributed by atoms with Gasteiger partial charge in [0.15, 0.2) is 9.84 Å². The zero-order valence-electron chi connectivity index (χ0n) is 10.4. The molecule has 1 heterocycles. The monoisotopic (exact) mass is 298 g/mol. The number of sulfone groups is 1. The Kier molecular flexibility index (Phi) is 3.58. The van der Waals surface area contributed by atoms with Gasteiger partial charge in [0.25, 0.3) is 0 Å². The first-order valence-corrected chi connectivity index (χ1v) is 7.19. The van der Waals surface area contributed by atoms with E-state index in [1.165, 1.54) is 11.7 Å². The highest BCUT2D eigenvalue weighted by Crippen LogP contribution is 2.19. The minimum Gasteiger partial charge on any atom is -0.478 e. The fourth-order valence-electron chi connectivity index (χ4n) is 1.72. The van der Waals surface area contributed by atoms with Crippen molar-refractivity contribution in [3.63, 3.8) is 0 Å². The SMILES string of the molecule is Cn1ncc(C(=O)O)c1CS(=O)(=O)c1ccc(F)cc1. The van der Waals surface area contributed by atoms with Crippen molar-refractivity contribution in [1.29, 1.82) is 0 Å². The molecule has 0 spiro atoms. The van der Waals surface area contributed by atoms with Crippen LogP contribution in [0.3, 0.4) is 0 Å². The predicted molar refractivity (Wildman–Crippen MR) is 67.5 cm³/mol. The summed E-state index contributed by atoms with van der Waals surface area (Å²) in [7, 11) is -2.31. The average Bonchev–Trinajstić information content (AvgIpc) is 2.71. The van der Waals surface area contributed by atoms with Crippen molar-refractivity contribution >= 4 is 15.8 Å². The number of aromatic carboxylic acids is 1. The van der Waals surface area contributed by atoms with Crippen molar-refractivity contribution in [2.24, 2.45) is 7.05 Å². The molecule has 0 saturated heterocycles. The van der Waals surface area contributed by atoms with E-state index in [1.807, 2.05) is 0 Å². The van der Waals surface area contributed by atoms with Crippen LogP contribution in [0.25, 0.3) is 0 Å². The quantitative estimate of drug-likeness (QED) is 0.858. The molecule has 6 nitrogen and oxygen atoms in total.